The molecular weight excluding hydrogens is 267 g/mol. The Kier molecular flexibility index (Phi) is 4.93. The Balaban J connectivity index is 1.98. The number of carbonyl (C=O) groups is 1. The quantitative estimate of drug-likeness (QED) is 0.886. The highest BCUT2D eigenvalue weighted by atomic mass is 19.1. The van der Waals surface area contributed by atoms with E-state index in [-0.39, 0.29) is 11.7 Å². The van der Waals surface area contributed by atoms with Crippen LogP contribution in [0.25, 0.3) is 0 Å². The molecule has 0 fully saturated rings. The molecule has 2 aromatic carbocycles. The Morgan fingerprint density at radius 2 is 1.95 bits per heavy atom. The lowest BCUT2D eigenvalue weighted by Gasteiger charge is -2.11. The van der Waals surface area contributed by atoms with Gasteiger partial charge in [0.25, 0.3) is 5.91 Å². The predicted octanol–water partition coefficient (Wildman–Crippen LogP) is 3.15. The molecule has 0 aliphatic heterocycles. The highest BCUT2D eigenvalue weighted by Crippen LogP contribution is 2.16. The highest BCUT2D eigenvalue weighted by molar-refractivity contribution is 5.99. The smallest absolute Gasteiger partial charge is 0.253 e. The number of nitrogens with one attached hydrogen (secondary N) is 2. The number of aryl methyl sites for hydroxylation is 1. The largest absolute Gasteiger partial charge is 0.387 e. The maximum atomic E-state index is 13.5. The number of hydrogen-bond donors (Lipinski definition) is 2. The molecule has 0 heterocycles. The SMILES string of the molecule is CNc1cc(C)ccc1C(=O)NCCc1ccccc1F. The van der Waals surface area contributed by atoms with E-state index < -0.39 is 0 Å². The maximum absolute atomic E-state index is 13.5. The minimum Gasteiger partial charge on any atom is -0.387 e. The van der Waals surface area contributed by atoms with E-state index in [1.807, 2.05) is 19.1 Å². The summed E-state index contributed by atoms with van der Waals surface area (Å²) in [5.41, 5.74) is 3.08. The lowest BCUT2D eigenvalue weighted by Crippen LogP contribution is -2.26. The van der Waals surface area contributed by atoms with Gasteiger partial charge in [0.15, 0.2) is 0 Å². The molecule has 0 saturated carbocycles. The Hall–Kier alpha value is -2.36. The molecule has 0 atom stereocenters. The summed E-state index contributed by atoms with van der Waals surface area (Å²) in [6, 6.07) is 12.2. The second kappa shape index (κ2) is 6.88. The van der Waals surface area contributed by atoms with Gasteiger partial charge >= 0.3 is 0 Å². The molecule has 0 aliphatic carbocycles. The van der Waals surface area contributed by atoms with Gasteiger partial charge < -0.3 is 10.6 Å². The van der Waals surface area contributed by atoms with Crippen molar-refractivity contribution < 1.29 is 9.18 Å². The van der Waals surface area contributed by atoms with E-state index in [0.717, 1.165) is 11.3 Å². The Bertz CT molecular complexity index is 640. The lowest BCUT2D eigenvalue weighted by atomic mass is 10.1. The van der Waals surface area contributed by atoms with Gasteiger partial charge in [-0.3, -0.25) is 4.79 Å². The highest BCUT2D eigenvalue weighted by Gasteiger charge is 2.10. The minimum atomic E-state index is -0.238. The van der Waals surface area contributed by atoms with E-state index in [9.17, 15) is 9.18 Å². The van der Waals surface area contributed by atoms with Gasteiger partial charge in [0.05, 0.1) is 5.56 Å². The molecular formula is C17H19FN2O. The first kappa shape index (κ1) is 15.0. The van der Waals surface area contributed by atoms with E-state index in [1.54, 1.807) is 31.3 Å². The van der Waals surface area contributed by atoms with E-state index in [2.05, 4.69) is 10.6 Å². The van der Waals surface area contributed by atoms with Crippen LogP contribution in [0.2, 0.25) is 0 Å². The van der Waals surface area contributed by atoms with Crippen molar-refractivity contribution in [3.8, 4) is 0 Å². The molecule has 0 aliphatic rings. The predicted molar refractivity (Wildman–Crippen MR) is 83.2 cm³/mol. The number of amides is 1. The summed E-state index contributed by atoms with van der Waals surface area (Å²) in [5, 5.41) is 5.84. The van der Waals surface area contributed by atoms with Crippen LogP contribution in [0.5, 0.6) is 0 Å². The van der Waals surface area contributed by atoms with E-state index in [0.29, 0.717) is 24.1 Å². The van der Waals surface area contributed by atoms with Crippen molar-refractivity contribution in [3.63, 3.8) is 0 Å². The first-order valence-corrected chi connectivity index (χ1v) is 6.92. The summed E-state index contributed by atoms with van der Waals surface area (Å²) in [6.07, 6.45) is 0.471. The lowest BCUT2D eigenvalue weighted by molar-refractivity contribution is 0.0955. The molecule has 1 amide bonds. The van der Waals surface area contributed by atoms with Crippen LogP contribution in [0, 0.1) is 12.7 Å². The number of halogens is 1. The van der Waals surface area contributed by atoms with Crippen LogP contribution in [0.1, 0.15) is 21.5 Å². The summed E-state index contributed by atoms with van der Waals surface area (Å²) in [5.74, 6) is -0.395. The number of benzene rings is 2. The molecule has 0 bridgehead atoms. The summed E-state index contributed by atoms with van der Waals surface area (Å²) in [7, 11) is 1.78. The van der Waals surface area contributed by atoms with Gasteiger partial charge in [0, 0.05) is 19.3 Å². The van der Waals surface area contributed by atoms with Crippen LogP contribution < -0.4 is 10.6 Å². The number of rotatable bonds is 5. The molecule has 2 N–H and O–H groups in total. The zero-order valence-corrected chi connectivity index (χ0v) is 12.2. The van der Waals surface area contributed by atoms with Crippen molar-refractivity contribution in [2.45, 2.75) is 13.3 Å². The Morgan fingerprint density at radius 1 is 1.19 bits per heavy atom. The number of carbonyl (C=O) groups excluding carboxylic acids is 1. The Morgan fingerprint density at radius 3 is 2.67 bits per heavy atom. The van der Waals surface area contributed by atoms with Crippen LogP contribution in [0.3, 0.4) is 0 Å². The molecule has 110 valence electrons. The van der Waals surface area contributed by atoms with Gasteiger partial charge in [-0.05, 0) is 42.7 Å². The third-order valence-electron chi connectivity index (χ3n) is 3.33. The summed E-state index contributed by atoms with van der Waals surface area (Å²) in [6.45, 7) is 2.37. The molecule has 0 spiro atoms. The summed E-state index contributed by atoms with van der Waals surface area (Å²) < 4.78 is 13.5. The fraction of sp³-hybridized carbons (Fsp3) is 0.235. The fourth-order valence-corrected chi connectivity index (χ4v) is 2.17. The molecule has 4 heteroatoms. The second-order valence-corrected chi connectivity index (χ2v) is 4.90. The standard InChI is InChI=1S/C17H19FN2O/c1-12-7-8-14(16(11-12)19-2)17(21)20-10-9-13-5-3-4-6-15(13)18/h3-8,11,19H,9-10H2,1-2H3,(H,20,21). The zero-order valence-electron chi connectivity index (χ0n) is 12.2. The average Bonchev–Trinajstić information content (AvgIpc) is 2.48. The Labute approximate surface area is 124 Å². The topological polar surface area (TPSA) is 41.1 Å². The van der Waals surface area contributed by atoms with E-state index >= 15 is 0 Å². The third kappa shape index (κ3) is 3.81. The molecule has 0 aromatic heterocycles. The third-order valence-corrected chi connectivity index (χ3v) is 3.33. The molecule has 0 saturated heterocycles. The molecule has 21 heavy (non-hydrogen) atoms. The minimum absolute atomic E-state index is 0.157. The van der Waals surface area contributed by atoms with Gasteiger partial charge in [-0.15, -0.1) is 0 Å². The normalized spacial score (nSPS) is 10.2. The van der Waals surface area contributed by atoms with Crippen molar-refractivity contribution in [2.75, 3.05) is 18.9 Å². The number of hydrogen-bond acceptors (Lipinski definition) is 2. The van der Waals surface area contributed by atoms with Crippen molar-refractivity contribution >= 4 is 11.6 Å². The average molecular weight is 286 g/mol. The van der Waals surface area contributed by atoms with Gasteiger partial charge in [-0.2, -0.15) is 0 Å². The van der Waals surface area contributed by atoms with Crippen LogP contribution in [0.15, 0.2) is 42.5 Å². The maximum Gasteiger partial charge on any atom is 0.253 e. The molecule has 3 nitrogen and oxygen atoms in total. The first-order chi connectivity index (χ1) is 10.1. The van der Waals surface area contributed by atoms with Crippen molar-refractivity contribution in [1.82, 2.24) is 5.32 Å². The van der Waals surface area contributed by atoms with Crippen LogP contribution in [-0.4, -0.2) is 19.5 Å². The van der Waals surface area contributed by atoms with Crippen molar-refractivity contribution in [1.29, 1.82) is 0 Å². The van der Waals surface area contributed by atoms with Gasteiger partial charge in [0.1, 0.15) is 5.82 Å². The summed E-state index contributed by atoms with van der Waals surface area (Å²) >= 11 is 0. The zero-order chi connectivity index (χ0) is 15.2. The summed E-state index contributed by atoms with van der Waals surface area (Å²) in [4.78, 5) is 12.2. The molecule has 0 unspecified atom stereocenters. The first-order valence-electron chi connectivity index (χ1n) is 6.92. The van der Waals surface area contributed by atoms with E-state index in [4.69, 9.17) is 0 Å². The van der Waals surface area contributed by atoms with Crippen molar-refractivity contribution in [3.05, 3.63) is 65.0 Å². The van der Waals surface area contributed by atoms with Crippen LogP contribution in [-0.2, 0) is 6.42 Å². The molecule has 2 rings (SSSR count). The van der Waals surface area contributed by atoms with E-state index in [1.165, 1.54) is 6.07 Å². The molecule has 2 aromatic rings. The van der Waals surface area contributed by atoms with Crippen LogP contribution >= 0.6 is 0 Å². The van der Waals surface area contributed by atoms with Crippen LogP contribution in [0.4, 0.5) is 10.1 Å². The second-order valence-electron chi connectivity index (χ2n) is 4.90. The van der Waals surface area contributed by atoms with Gasteiger partial charge in [-0.25, -0.2) is 4.39 Å². The fourth-order valence-electron chi connectivity index (χ4n) is 2.17. The van der Waals surface area contributed by atoms with Gasteiger partial charge in [0.2, 0.25) is 0 Å². The molecule has 0 radical (unpaired) electrons. The monoisotopic (exact) mass is 286 g/mol. The number of anilines is 1. The van der Waals surface area contributed by atoms with Gasteiger partial charge in [-0.1, -0.05) is 24.3 Å². The van der Waals surface area contributed by atoms with Crippen molar-refractivity contribution in [2.24, 2.45) is 0 Å².